The van der Waals surface area contributed by atoms with Gasteiger partial charge in [-0.3, -0.25) is 9.59 Å². The first-order valence-electron chi connectivity index (χ1n) is 5.43. The Kier molecular flexibility index (Phi) is 5.67. The second-order valence-corrected chi connectivity index (χ2v) is 4.86. The van der Waals surface area contributed by atoms with E-state index < -0.39 is 12.0 Å². The first kappa shape index (κ1) is 14.5. The van der Waals surface area contributed by atoms with Crippen LogP contribution >= 0.6 is 11.8 Å². The van der Waals surface area contributed by atoms with Gasteiger partial charge in [-0.25, -0.2) is 0 Å². The molecule has 0 saturated heterocycles. The monoisotopic (exact) mass is 268 g/mol. The van der Waals surface area contributed by atoms with E-state index in [1.807, 2.05) is 24.3 Å². The Balaban J connectivity index is 2.47. The highest BCUT2D eigenvalue weighted by molar-refractivity contribution is 7.99. The molecule has 1 rings (SSSR count). The highest BCUT2D eigenvalue weighted by atomic mass is 32.2. The van der Waals surface area contributed by atoms with Crippen LogP contribution in [0.15, 0.2) is 29.2 Å². The minimum atomic E-state index is -1.00. The summed E-state index contributed by atoms with van der Waals surface area (Å²) < 4.78 is 0. The molecule has 1 aromatic carbocycles. The standard InChI is InChI=1S/C12H16N2O3S/c1-8(15)14-7-18-10-4-2-9(3-5-10)6-11(13)12(16)17/h2-5,11H,6-7,13H2,1H3,(H,14,15)(H,16,17)/t11-/m0/s1. The minimum Gasteiger partial charge on any atom is -0.480 e. The summed E-state index contributed by atoms with van der Waals surface area (Å²) in [5, 5.41) is 11.4. The van der Waals surface area contributed by atoms with Gasteiger partial charge in [0, 0.05) is 11.8 Å². The van der Waals surface area contributed by atoms with Crippen molar-refractivity contribution in [2.75, 3.05) is 5.88 Å². The number of hydrogen-bond donors (Lipinski definition) is 3. The summed E-state index contributed by atoms with van der Waals surface area (Å²) in [6.07, 6.45) is 0.311. The van der Waals surface area contributed by atoms with Crippen molar-refractivity contribution in [1.82, 2.24) is 5.32 Å². The summed E-state index contributed by atoms with van der Waals surface area (Å²) in [5.41, 5.74) is 6.33. The largest absolute Gasteiger partial charge is 0.480 e. The van der Waals surface area contributed by atoms with Crippen LogP contribution in [0.1, 0.15) is 12.5 Å². The quantitative estimate of drug-likeness (QED) is 0.525. The SMILES string of the molecule is CC(=O)NCSc1ccc(C[C@H](N)C(=O)O)cc1. The van der Waals surface area contributed by atoms with E-state index in [0.29, 0.717) is 12.3 Å². The van der Waals surface area contributed by atoms with Crippen molar-refractivity contribution in [2.45, 2.75) is 24.3 Å². The molecule has 0 saturated carbocycles. The van der Waals surface area contributed by atoms with Crippen molar-refractivity contribution < 1.29 is 14.7 Å². The van der Waals surface area contributed by atoms with Gasteiger partial charge in [-0.1, -0.05) is 12.1 Å². The van der Waals surface area contributed by atoms with Gasteiger partial charge >= 0.3 is 5.97 Å². The number of thioether (sulfide) groups is 1. The lowest BCUT2D eigenvalue weighted by atomic mass is 10.1. The van der Waals surface area contributed by atoms with Crippen molar-refractivity contribution >= 4 is 23.6 Å². The Morgan fingerprint density at radius 2 is 2.00 bits per heavy atom. The fourth-order valence-corrected chi connectivity index (χ4v) is 2.05. The van der Waals surface area contributed by atoms with Crippen molar-refractivity contribution in [2.24, 2.45) is 5.73 Å². The lowest BCUT2D eigenvalue weighted by Crippen LogP contribution is -2.32. The van der Waals surface area contributed by atoms with Crippen LogP contribution in [-0.4, -0.2) is 28.9 Å². The number of amides is 1. The number of hydrogen-bond acceptors (Lipinski definition) is 4. The van der Waals surface area contributed by atoms with E-state index in [1.165, 1.54) is 18.7 Å². The smallest absolute Gasteiger partial charge is 0.320 e. The topological polar surface area (TPSA) is 92.4 Å². The van der Waals surface area contributed by atoms with Crippen LogP contribution in [-0.2, 0) is 16.0 Å². The van der Waals surface area contributed by atoms with Gasteiger partial charge in [0.1, 0.15) is 6.04 Å². The predicted octanol–water partition coefficient (Wildman–Crippen LogP) is 0.827. The number of carbonyl (C=O) groups is 2. The number of carboxylic acid groups (broad SMARTS) is 1. The number of benzene rings is 1. The van der Waals surface area contributed by atoms with Crippen LogP contribution in [0.3, 0.4) is 0 Å². The molecule has 0 radical (unpaired) electrons. The van der Waals surface area contributed by atoms with Gasteiger partial charge in [-0.15, -0.1) is 11.8 Å². The van der Waals surface area contributed by atoms with Crippen LogP contribution in [0.25, 0.3) is 0 Å². The first-order chi connectivity index (χ1) is 8.49. The van der Waals surface area contributed by atoms with E-state index in [4.69, 9.17) is 10.8 Å². The van der Waals surface area contributed by atoms with Gasteiger partial charge in [0.25, 0.3) is 0 Å². The van der Waals surface area contributed by atoms with Crippen LogP contribution in [0.2, 0.25) is 0 Å². The molecule has 0 heterocycles. The number of nitrogens with one attached hydrogen (secondary N) is 1. The molecule has 0 bridgehead atoms. The molecule has 4 N–H and O–H groups in total. The number of rotatable bonds is 6. The molecule has 0 unspecified atom stereocenters. The third-order valence-electron chi connectivity index (χ3n) is 2.26. The minimum absolute atomic E-state index is 0.0634. The molecule has 0 aliphatic heterocycles. The number of nitrogens with two attached hydrogens (primary N) is 1. The molecule has 1 aromatic rings. The molecule has 98 valence electrons. The van der Waals surface area contributed by atoms with Crippen LogP contribution in [0.4, 0.5) is 0 Å². The van der Waals surface area contributed by atoms with Gasteiger partial charge in [-0.2, -0.15) is 0 Å². The number of aliphatic carboxylic acids is 1. The molecule has 0 spiro atoms. The summed E-state index contributed by atoms with van der Waals surface area (Å²) in [5.74, 6) is -0.547. The maximum Gasteiger partial charge on any atom is 0.320 e. The van der Waals surface area contributed by atoms with Crippen molar-refractivity contribution in [3.05, 3.63) is 29.8 Å². The fourth-order valence-electron chi connectivity index (χ4n) is 1.28. The number of carbonyl (C=O) groups excluding carboxylic acids is 1. The highest BCUT2D eigenvalue weighted by Gasteiger charge is 2.11. The lowest BCUT2D eigenvalue weighted by molar-refractivity contribution is -0.138. The molecular weight excluding hydrogens is 252 g/mol. The van der Waals surface area contributed by atoms with E-state index >= 15 is 0 Å². The first-order valence-corrected chi connectivity index (χ1v) is 6.42. The number of carboxylic acids is 1. The van der Waals surface area contributed by atoms with Gasteiger partial charge in [0.15, 0.2) is 0 Å². The highest BCUT2D eigenvalue weighted by Crippen LogP contribution is 2.17. The second-order valence-electron chi connectivity index (χ2n) is 3.81. The summed E-state index contributed by atoms with van der Waals surface area (Å²) in [7, 11) is 0. The van der Waals surface area contributed by atoms with Gasteiger partial charge in [0.2, 0.25) is 5.91 Å². The molecule has 5 nitrogen and oxygen atoms in total. The van der Waals surface area contributed by atoms with E-state index in [2.05, 4.69) is 5.32 Å². The summed E-state index contributed by atoms with van der Waals surface area (Å²) >= 11 is 1.50. The predicted molar refractivity (Wildman–Crippen MR) is 70.3 cm³/mol. The van der Waals surface area contributed by atoms with Gasteiger partial charge in [0.05, 0.1) is 5.88 Å². The van der Waals surface area contributed by atoms with Crippen molar-refractivity contribution in [3.63, 3.8) is 0 Å². The average molecular weight is 268 g/mol. The van der Waals surface area contributed by atoms with Crippen LogP contribution in [0, 0.1) is 0 Å². The van der Waals surface area contributed by atoms with E-state index in [1.54, 1.807) is 0 Å². The van der Waals surface area contributed by atoms with E-state index in [0.717, 1.165) is 10.5 Å². The molecule has 6 heteroatoms. The molecule has 1 amide bonds. The third kappa shape index (κ3) is 5.20. The second kappa shape index (κ2) is 7.03. The fraction of sp³-hybridized carbons (Fsp3) is 0.333. The van der Waals surface area contributed by atoms with E-state index in [9.17, 15) is 9.59 Å². The Bertz CT molecular complexity index is 420. The Morgan fingerprint density at radius 3 is 2.50 bits per heavy atom. The maximum absolute atomic E-state index is 10.7. The average Bonchev–Trinajstić information content (AvgIpc) is 2.30. The Hall–Kier alpha value is -1.53. The molecule has 0 fully saturated rings. The van der Waals surface area contributed by atoms with Crippen molar-refractivity contribution in [1.29, 1.82) is 0 Å². The molecule has 1 atom stereocenters. The maximum atomic E-state index is 10.7. The zero-order valence-electron chi connectivity index (χ0n) is 10.1. The lowest BCUT2D eigenvalue weighted by Gasteiger charge is -2.07. The van der Waals surface area contributed by atoms with Gasteiger partial charge in [-0.05, 0) is 24.1 Å². The summed E-state index contributed by atoms with van der Waals surface area (Å²) in [6.45, 7) is 1.47. The zero-order valence-corrected chi connectivity index (χ0v) is 10.9. The third-order valence-corrected chi connectivity index (χ3v) is 3.15. The Labute approximate surface area is 110 Å². The molecular formula is C12H16N2O3S. The normalized spacial score (nSPS) is 11.9. The molecule has 0 aromatic heterocycles. The summed E-state index contributed by atoms with van der Waals surface area (Å²) in [6, 6.07) is 6.59. The van der Waals surface area contributed by atoms with E-state index in [-0.39, 0.29) is 5.91 Å². The summed E-state index contributed by atoms with van der Waals surface area (Å²) in [4.78, 5) is 22.3. The van der Waals surface area contributed by atoms with Gasteiger partial charge < -0.3 is 16.2 Å². The molecule has 18 heavy (non-hydrogen) atoms. The van der Waals surface area contributed by atoms with Crippen LogP contribution in [0.5, 0.6) is 0 Å². The zero-order chi connectivity index (χ0) is 13.5. The van der Waals surface area contributed by atoms with Crippen molar-refractivity contribution in [3.8, 4) is 0 Å². The van der Waals surface area contributed by atoms with Crippen LogP contribution < -0.4 is 11.1 Å². The Morgan fingerprint density at radius 1 is 1.39 bits per heavy atom. The molecule has 0 aliphatic carbocycles. The molecule has 0 aliphatic rings.